The standard InChI is InChI=1S/C13H11NO2.HNO2/c1-9-2-4-10(5-3-9)12-8-11(13(15)16)6-7-14-12;2-1-3/h2-8H,1H3,(H,15,16);(H,2,3). The lowest BCUT2D eigenvalue weighted by atomic mass is 10.1. The van der Waals surface area contributed by atoms with Crippen LogP contribution in [0.25, 0.3) is 11.3 Å². The molecule has 2 N–H and O–H groups in total. The van der Waals surface area contributed by atoms with Gasteiger partial charge in [-0.1, -0.05) is 29.8 Å². The number of aromatic carboxylic acids is 1. The van der Waals surface area contributed by atoms with Crippen molar-refractivity contribution in [1.82, 2.24) is 4.98 Å². The molecular formula is C13H12N2O4. The number of carboxylic acid groups (broad SMARTS) is 1. The highest BCUT2D eigenvalue weighted by atomic mass is 16.6. The minimum Gasteiger partial charge on any atom is -0.478 e. The summed E-state index contributed by atoms with van der Waals surface area (Å²) in [6.07, 6.45) is 1.51. The minimum atomic E-state index is -0.934. The number of pyridine rings is 1. The smallest absolute Gasteiger partial charge is 0.335 e. The lowest BCUT2D eigenvalue weighted by molar-refractivity contribution is 0.0697. The van der Waals surface area contributed by atoms with Crippen molar-refractivity contribution in [3.8, 4) is 11.3 Å². The van der Waals surface area contributed by atoms with E-state index in [1.54, 1.807) is 6.07 Å². The third-order valence-electron chi connectivity index (χ3n) is 2.35. The van der Waals surface area contributed by atoms with Crippen molar-refractivity contribution in [2.45, 2.75) is 6.92 Å². The Bertz CT molecular complexity index is 567. The van der Waals surface area contributed by atoms with Crippen LogP contribution in [-0.4, -0.2) is 21.3 Å². The van der Waals surface area contributed by atoms with Crippen LogP contribution >= 0.6 is 0 Å². The van der Waals surface area contributed by atoms with Crippen LogP contribution in [-0.2, 0) is 0 Å². The summed E-state index contributed by atoms with van der Waals surface area (Å²) in [5, 5.41) is 16.8. The SMILES string of the molecule is Cc1ccc(-c2cc(C(=O)O)ccn2)cc1.O=NO. The molecule has 0 saturated heterocycles. The molecule has 0 aliphatic carbocycles. The molecule has 0 saturated carbocycles. The van der Waals surface area contributed by atoms with E-state index in [0.29, 0.717) is 5.69 Å². The average Bonchev–Trinajstić information content (AvgIpc) is 2.40. The summed E-state index contributed by atoms with van der Waals surface area (Å²) in [4.78, 5) is 23.1. The van der Waals surface area contributed by atoms with E-state index in [2.05, 4.69) is 4.98 Å². The van der Waals surface area contributed by atoms with E-state index >= 15 is 0 Å². The zero-order chi connectivity index (χ0) is 14.3. The molecule has 1 aromatic heterocycles. The first kappa shape index (κ1) is 14.3. The second kappa shape index (κ2) is 6.85. The van der Waals surface area contributed by atoms with Crippen molar-refractivity contribution in [3.63, 3.8) is 0 Å². The molecule has 0 aliphatic heterocycles. The molecule has 0 fully saturated rings. The molecule has 19 heavy (non-hydrogen) atoms. The topological polar surface area (TPSA) is 99.8 Å². The zero-order valence-electron chi connectivity index (χ0n) is 10.1. The van der Waals surface area contributed by atoms with Gasteiger partial charge in [0.05, 0.1) is 11.3 Å². The second-order valence-corrected chi connectivity index (χ2v) is 3.68. The number of hydrogen-bond donors (Lipinski definition) is 2. The van der Waals surface area contributed by atoms with E-state index in [4.69, 9.17) is 15.2 Å². The van der Waals surface area contributed by atoms with Crippen LogP contribution in [0.5, 0.6) is 0 Å². The van der Waals surface area contributed by atoms with Crippen LogP contribution < -0.4 is 0 Å². The van der Waals surface area contributed by atoms with Crippen LogP contribution in [0.2, 0.25) is 0 Å². The number of rotatable bonds is 2. The highest BCUT2D eigenvalue weighted by Crippen LogP contribution is 2.18. The van der Waals surface area contributed by atoms with Gasteiger partial charge in [0.15, 0.2) is 5.34 Å². The summed E-state index contributed by atoms with van der Waals surface area (Å²) in [5.74, 6) is -0.934. The van der Waals surface area contributed by atoms with Crippen molar-refractivity contribution in [2.24, 2.45) is 5.34 Å². The highest BCUT2D eigenvalue weighted by Gasteiger charge is 2.05. The molecule has 0 bridgehead atoms. The molecule has 0 aliphatic rings. The molecular weight excluding hydrogens is 248 g/mol. The van der Waals surface area contributed by atoms with Crippen molar-refractivity contribution in [1.29, 1.82) is 0 Å². The molecule has 0 spiro atoms. The summed E-state index contributed by atoms with van der Waals surface area (Å²) < 4.78 is 0. The molecule has 2 rings (SSSR count). The molecule has 98 valence electrons. The number of benzene rings is 1. The van der Waals surface area contributed by atoms with Gasteiger partial charge in [0.1, 0.15) is 0 Å². The largest absolute Gasteiger partial charge is 0.478 e. The Morgan fingerprint density at radius 2 is 1.79 bits per heavy atom. The Balaban J connectivity index is 0.000000550. The van der Waals surface area contributed by atoms with Crippen LogP contribution in [0.3, 0.4) is 0 Å². The number of hydrogen-bond acceptors (Lipinski definition) is 4. The lowest BCUT2D eigenvalue weighted by Crippen LogP contribution is -1.97. The van der Waals surface area contributed by atoms with Crippen LogP contribution in [0.4, 0.5) is 0 Å². The van der Waals surface area contributed by atoms with Gasteiger partial charge in [-0.05, 0) is 19.1 Å². The normalized spacial score (nSPS) is 9.11. The predicted molar refractivity (Wildman–Crippen MR) is 69.0 cm³/mol. The zero-order valence-corrected chi connectivity index (χ0v) is 10.1. The maximum atomic E-state index is 10.8. The van der Waals surface area contributed by atoms with E-state index in [1.807, 2.05) is 31.2 Å². The fourth-order valence-electron chi connectivity index (χ4n) is 1.45. The maximum Gasteiger partial charge on any atom is 0.335 e. The number of nitrogens with zero attached hydrogens (tertiary/aromatic N) is 2. The van der Waals surface area contributed by atoms with E-state index in [1.165, 1.54) is 17.6 Å². The number of aromatic nitrogens is 1. The average molecular weight is 260 g/mol. The Kier molecular flexibility index (Phi) is 5.16. The van der Waals surface area contributed by atoms with Gasteiger partial charge in [-0.3, -0.25) is 4.98 Å². The molecule has 2 aromatic rings. The van der Waals surface area contributed by atoms with Gasteiger partial charge >= 0.3 is 5.97 Å². The Labute approximate surface area is 109 Å². The van der Waals surface area contributed by atoms with Crippen molar-refractivity contribution < 1.29 is 15.1 Å². The number of carbonyl (C=O) groups is 1. The molecule has 0 radical (unpaired) electrons. The first-order valence-electron chi connectivity index (χ1n) is 5.31. The Hall–Kier alpha value is -2.76. The van der Waals surface area contributed by atoms with Gasteiger partial charge in [0, 0.05) is 11.8 Å². The van der Waals surface area contributed by atoms with E-state index < -0.39 is 5.97 Å². The Morgan fingerprint density at radius 1 is 1.21 bits per heavy atom. The fraction of sp³-hybridized carbons (Fsp3) is 0.0769. The van der Waals surface area contributed by atoms with Gasteiger partial charge in [-0.2, -0.15) is 0 Å². The summed E-state index contributed by atoms with van der Waals surface area (Å²) >= 11 is 0. The monoisotopic (exact) mass is 260 g/mol. The molecule has 1 aromatic carbocycles. The van der Waals surface area contributed by atoms with E-state index in [-0.39, 0.29) is 5.56 Å². The molecule has 1 heterocycles. The minimum absolute atomic E-state index is 0.255. The van der Waals surface area contributed by atoms with E-state index in [0.717, 1.165) is 11.1 Å². The summed E-state index contributed by atoms with van der Waals surface area (Å²) in [7, 11) is 0. The highest BCUT2D eigenvalue weighted by molar-refractivity contribution is 5.88. The number of carboxylic acids is 1. The molecule has 0 unspecified atom stereocenters. The van der Waals surface area contributed by atoms with Crippen LogP contribution in [0.1, 0.15) is 15.9 Å². The lowest BCUT2D eigenvalue weighted by Gasteiger charge is -2.02. The van der Waals surface area contributed by atoms with Crippen LogP contribution in [0.15, 0.2) is 47.9 Å². The quantitative estimate of drug-likeness (QED) is 0.638. The van der Waals surface area contributed by atoms with Crippen LogP contribution in [0, 0.1) is 11.8 Å². The third-order valence-corrected chi connectivity index (χ3v) is 2.35. The summed E-state index contributed by atoms with van der Waals surface area (Å²) in [6, 6.07) is 10.9. The number of aryl methyl sites for hydroxylation is 1. The van der Waals surface area contributed by atoms with Crippen molar-refractivity contribution in [2.75, 3.05) is 0 Å². The van der Waals surface area contributed by atoms with Gasteiger partial charge < -0.3 is 10.3 Å². The third kappa shape index (κ3) is 4.19. The fourth-order valence-corrected chi connectivity index (χ4v) is 1.45. The van der Waals surface area contributed by atoms with E-state index in [9.17, 15) is 4.79 Å². The van der Waals surface area contributed by atoms with Crippen molar-refractivity contribution >= 4 is 5.97 Å². The summed E-state index contributed by atoms with van der Waals surface area (Å²) in [6.45, 7) is 2.00. The first-order chi connectivity index (χ1) is 9.08. The molecule has 0 atom stereocenters. The first-order valence-corrected chi connectivity index (χ1v) is 5.31. The maximum absolute atomic E-state index is 10.8. The van der Waals surface area contributed by atoms with Crippen molar-refractivity contribution in [3.05, 3.63) is 58.6 Å². The second-order valence-electron chi connectivity index (χ2n) is 3.68. The predicted octanol–water partition coefficient (Wildman–Crippen LogP) is 2.90. The van der Waals surface area contributed by atoms with Gasteiger partial charge in [0.25, 0.3) is 0 Å². The molecule has 0 amide bonds. The van der Waals surface area contributed by atoms with Gasteiger partial charge in [0.2, 0.25) is 0 Å². The molecule has 6 heteroatoms. The van der Waals surface area contributed by atoms with Gasteiger partial charge in [-0.25, -0.2) is 4.79 Å². The Morgan fingerprint density at radius 3 is 2.32 bits per heavy atom. The molecule has 6 nitrogen and oxygen atoms in total. The van der Waals surface area contributed by atoms with Gasteiger partial charge in [-0.15, -0.1) is 4.91 Å². The summed E-state index contributed by atoms with van der Waals surface area (Å²) in [5.41, 5.74) is 3.03.